The van der Waals surface area contributed by atoms with Gasteiger partial charge in [0.2, 0.25) is 11.6 Å². The molecule has 55 heavy (non-hydrogen) atoms. The molecular formula is C37H38N4O14. The highest BCUT2D eigenvalue weighted by Gasteiger charge is 2.72. The SMILES string of the molecule is CO[C@@]12[C@H](COC(N)=O)C3=C(C(=O)C(C)=C(N)C3=O)N1C[C@@H]1N[C@@H]12.COc1ccc([C@@H]2CC(=O)c3c(O)cc(O)cc3O2)cc1O.Oc1cccc(O)c1O. The predicted octanol–water partition coefficient (Wildman–Crippen LogP) is 1.67. The van der Waals surface area contributed by atoms with Gasteiger partial charge >= 0.3 is 6.09 Å². The van der Waals surface area contributed by atoms with Gasteiger partial charge in [-0.1, -0.05) is 12.1 Å². The standard InChI is InChI=1S/C16H14O6.C15H18N4O5.C6H6O3/c1-21-13-3-2-8(4-10(13)18)14-7-12(20)16-11(19)5-9(17)6-15(16)22-14;1-5-9(16)12(21)8-6(4-24-14(17)22)15(23-2)13-7(18-13)3-19(15)10(8)11(5)20;7-4-2-1-3-5(8)6(4)9/h2-6,14,17-19H,7H2,1H3;6-7,13,18H,3-4,16H2,1-2H3,(H2,17,22);1-3,7-9H/t14-;6-,7+,13+,15-;/m01./s1. The van der Waals surface area contributed by atoms with E-state index in [-0.39, 0.29) is 93.6 Å². The van der Waals surface area contributed by atoms with E-state index in [4.69, 9.17) is 45.7 Å². The number of allylic oxidation sites excluding steroid dienone is 2. The van der Waals surface area contributed by atoms with E-state index >= 15 is 0 Å². The molecular weight excluding hydrogens is 724 g/mol. The van der Waals surface area contributed by atoms with Crippen molar-refractivity contribution in [1.29, 1.82) is 0 Å². The maximum absolute atomic E-state index is 12.8. The monoisotopic (exact) mass is 762 g/mol. The number of carbonyl (C=O) groups is 4. The van der Waals surface area contributed by atoms with Gasteiger partial charge in [-0.3, -0.25) is 14.4 Å². The lowest BCUT2D eigenvalue weighted by Gasteiger charge is -2.39. The quantitative estimate of drug-likeness (QED) is 0.101. The molecule has 0 saturated carbocycles. The Morgan fingerprint density at radius 3 is 2.25 bits per heavy atom. The second-order valence-corrected chi connectivity index (χ2v) is 13.1. The summed E-state index contributed by atoms with van der Waals surface area (Å²) in [6.07, 6.45) is -1.54. The highest BCUT2D eigenvalue weighted by molar-refractivity contribution is 6.25. The largest absolute Gasteiger partial charge is 0.508 e. The third-order valence-electron chi connectivity index (χ3n) is 10.0. The lowest BCUT2D eigenvalue weighted by molar-refractivity contribution is -0.137. The summed E-state index contributed by atoms with van der Waals surface area (Å²) >= 11 is 0. The zero-order chi connectivity index (χ0) is 40.1. The minimum absolute atomic E-state index is 0.0249. The number of nitrogens with one attached hydrogen (secondary N) is 1. The van der Waals surface area contributed by atoms with Crippen molar-refractivity contribution in [3.05, 3.63) is 82.2 Å². The van der Waals surface area contributed by atoms with E-state index < -0.39 is 35.4 Å². The molecule has 4 aliphatic heterocycles. The second kappa shape index (κ2) is 14.3. The molecule has 0 spiro atoms. The number of amides is 1. The zero-order valence-corrected chi connectivity index (χ0v) is 29.6. The molecule has 11 N–H and O–H groups in total. The summed E-state index contributed by atoms with van der Waals surface area (Å²) in [5.74, 6) is -2.84. The van der Waals surface area contributed by atoms with Gasteiger partial charge in [-0.2, -0.15) is 0 Å². The second-order valence-electron chi connectivity index (χ2n) is 13.1. The first-order valence-corrected chi connectivity index (χ1v) is 16.7. The molecule has 8 rings (SSSR count). The lowest BCUT2D eigenvalue weighted by Crippen LogP contribution is -2.55. The first-order valence-electron chi connectivity index (χ1n) is 16.7. The maximum atomic E-state index is 12.8. The molecule has 3 aromatic rings. The van der Waals surface area contributed by atoms with Gasteiger partial charge in [0.05, 0.1) is 36.9 Å². The number of phenolic OH excluding ortho intramolecular Hbond substituents is 6. The van der Waals surface area contributed by atoms with Gasteiger partial charge < -0.3 is 71.3 Å². The summed E-state index contributed by atoms with van der Waals surface area (Å²) < 4.78 is 21.4. The summed E-state index contributed by atoms with van der Waals surface area (Å²) in [4.78, 5) is 50.6. The van der Waals surface area contributed by atoms with E-state index in [1.54, 1.807) is 12.1 Å². The fraction of sp³-hybridized carbons (Fsp3) is 0.297. The van der Waals surface area contributed by atoms with Crippen LogP contribution in [-0.4, -0.2) is 104 Å². The number of phenols is 6. The van der Waals surface area contributed by atoms with Gasteiger partial charge in [-0.05, 0) is 36.8 Å². The summed E-state index contributed by atoms with van der Waals surface area (Å²) in [6, 6.07) is 11.2. The molecule has 0 aromatic heterocycles. The molecule has 0 radical (unpaired) electrons. The number of aromatic hydroxyl groups is 6. The van der Waals surface area contributed by atoms with Gasteiger partial charge in [0.15, 0.2) is 40.3 Å². The fourth-order valence-electron chi connectivity index (χ4n) is 7.35. The minimum atomic E-state index is -0.957. The highest BCUT2D eigenvalue weighted by atomic mass is 16.6. The Hall–Kier alpha value is -6.66. The van der Waals surface area contributed by atoms with Crippen LogP contribution >= 0.6 is 0 Å². The molecule has 290 valence electrons. The number of carbonyl (C=O) groups excluding carboxylic acids is 4. The van der Waals surface area contributed by atoms with E-state index in [9.17, 15) is 34.5 Å². The number of nitrogens with two attached hydrogens (primary N) is 2. The number of rotatable bonds is 5. The Kier molecular flexibility index (Phi) is 9.89. The van der Waals surface area contributed by atoms with E-state index in [2.05, 4.69) is 5.32 Å². The Morgan fingerprint density at radius 1 is 0.964 bits per heavy atom. The zero-order valence-electron chi connectivity index (χ0n) is 29.6. The van der Waals surface area contributed by atoms with Gasteiger partial charge in [0, 0.05) is 43.0 Å². The number of primary amides is 1. The molecule has 2 saturated heterocycles. The third-order valence-corrected chi connectivity index (χ3v) is 10.0. The molecule has 18 heteroatoms. The smallest absolute Gasteiger partial charge is 0.404 e. The van der Waals surface area contributed by atoms with Crippen LogP contribution in [0.15, 0.2) is 71.1 Å². The molecule has 0 unspecified atom stereocenters. The summed E-state index contributed by atoms with van der Waals surface area (Å²) in [5.41, 5.74) is 11.3. The van der Waals surface area contributed by atoms with E-state index in [0.717, 1.165) is 6.07 Å². The van der Waals surface area contributed by atoms with Gasteiger partial charge in [-0.25, -0.2) is 4.79 Å². The number of hydrogen-bond acceptors (Lipinski definition) is 17. The Labute approximate surface area is 312 Å². The summed E-state index contributed by atoms with van der Waals surface area (Å²) in [7, 11) is 2.96. The number of methoxy groups -OCH3 is 2. The molecule has 2 fully saturated rings. The number of nitrogens with zero attached hydrogens (tertiary/aromatic N) is 1. The van der Waals surface area contributed by atoms with E-state index in [1.807, 2.05) is 4.90 Å². The van der Waals surface area contributed by atoms with E-state index in [0.29, 0.717) is 23.6 Å². The van der Waals surface area contributed by atoms with Crippen LogP contribution in [0, 0.1) is 5.92 Å². The maximum Gasteiger partial charge on any atom is 0.404 e. The average Bonchev–Trinajstić information content (AvgIpc) is 3.76. The molecule has 0 bridgehead atoms. The lowest BCUT2D eigenvalue weighted by atomic mass is 9.82. The molecule has 3 aromatic carbocycles. The molecule has 18 nitrogen and oxygen atoms in total. The van der Waals surface area contributed by atoms with Crippen LogP contribution in [-0.2, 0) is 19.1 Å². The van der Waals surface area contributed by atoms with Crippen LogP contribution in [0.1, 0.15) is 35.4 Å². The first-order chi connectivity index (χ1) is 26.0. The van der Waals surface area contributed by atoms with Crippen LogP contribution < -0.4 is 26.3 Å². The number of benzene rings is 3. The average molecular weight is 763 g/mol. The third kappa shape index (κ3) is 6.50. The number of ether oxygens (including phenoxy) is 4. The van der Waals surface area contributed by atoms with Crippen LogP contribution in [0.2, 0.25) is 0 Å². The van der Waals surface area contributed by atoms with Gasteiger partial charge in [0.25, 0.3) is 0 Å². The first kappa shape index (κ1) is 38.1. The molecule has 4 heterocycles. The topological polar surface area (TPSA) is 304 Å². The Balaban J connectivity index is 0.000000154. The van der Waals surface area contributed by atoms with Crippen molar-refractivity contribution >= 4 is 23.4 Å². The van der Waals surface area contributed by atoms with Crippen molar-refractivity contribution in [3.8, 4) is 46.0 Å². The van der Waals surface area contributed by atoms with Crippen LogP contribution in [0.4, 0.5) is 4.79 Å². The Morgan fingerprint density at radius 2 is 1.65 bits per heavy atom. The number of Topliss-reactive ketones (excluding diaryl/α,β-unsaturated/α-hetero) is 3. The molecule has 1 amide bonds. The minimum Gasteiger partial charge on any atom is -0.508 e. The number of fused-ring (bicyclic) bond motifs is 5. The van der Waals surface area contributed by atoms with Gasteiger partial charge in [-0.15, -0.1) is 0 Å². The summed E-state index contributed by atoms with van der Waals surface area (Å²) in [6.45, 7) is 1.92. The normalized spacial score (nSPS) is 24.3. The Bertz CT molecular complexity index is 2160. The van der Waals surface area contributed by atoms with Crippen molar-refractivity contribution in [2.75, 3.05) is 27.4 Å². The molecule has 1 aliphatic carbocycles. The van der Waals surface area contributed by atoms with Crippen LogP contribution in [0.5, 0.6) is 46.0 Å². The van der Waals surface area contributed by atoms with Crippen molar-refractivity contribution in [2.24, 2.45) is 17.4 Å². The number of para-hydroxylation sites is 1. The summed E-state index contributed by atoms with van der Waals surface area (Å²) in [5, 5.41) is 58.5. The van der Waals surface area contributed by atoms with Crippen molar-refractivity contribution in [2.45, 2.75) is 37.3 Å². The van der Waals surface area contributed by atoms with Gasteiger partial charge in [0.1, 0.15) is 35.5 Å². The fourth-order valence-corrected chi connectivity index (χ4v) is 7.35. The van der Waals surface area contributed by atoms with Crippen LogP contribution in [0.25, 0.3) is 0 Å². The highest BCUT2D eigenvalue weighted by Crippen LogP contribution is 2.55. The van der Waals surface area contributed by atoms with Crippen molar-refractivity contribution in [1.82, 2.24) is 10.2 Å². The molecule has 5 aliphatic rings. The number of ketones is 3. The van der Waals surface area contributed by atoms with E-state index in [1.165, 1.54) is 51.5 Å². The number of hydrogen-bond donors (Lipinski definition) is 9. The van der Waals surface area contributed by atoms with Crippen molar-refractivity contribution in [3.63, 3.8) is 0 Å². The number of piperazine rings is 1. The predicted molar refractivity (Wildman–Crippen MR) is 188 cm³/mol. The molecule has 5 atom stereocenters. The van der Waals surface area contributed by atoms with Crippen molar-refractivity contribution < 1.29 is 68.8 Å². The van der Waals surface area contributed by atoms with Crippen LogP contribution in [0.3, 0.4) is 0 Å².